The van der Waals surface area contributed by atoms with Crippen LogP contribution >= 0.6 is 0 Å². The van der Waals surface area contributed by atoms with Crippen molar-refractivity contribution in [1.29, 1.82) is 0 Å². The van der Waals surface area contributed by atoms with Crippen molar-refractivity contribution in [2.75, 3.05) is 34.0 Å². The molecular formula is C33H55NO6. The van der Waals surface area contributed by atoms with E-state index in [1.807, 2.05) is 6.07 Å². The number of hydrogen-bond donors (Lipinski definition) is 2. The van der Waals surface area contributed by atoms with Crippen LogP contribution in [0.15, 0.2) is 18.2 Å². The van der Waals surface area contributed by atoms with Crippen molar-refractivity contribution in [3.8, 4) is 11.5 Å². The molecule has 4 atom stereocenters. The van der Waals surface area contributed by atoms with E-state index < -0.39 is 6.10 Å². The van der Waals surface area contributed by atoms with Crippen molar-refractivity contribution in [2.24, 2.45) is 35.3 Å². The summed E-state index contributed by atoms with van der Waals surface area (Å²) in [6.45, 7) is 10.7. The molecule has 3 N–H and O–H groups in total. The zero-order valence-electron chi connectivity index (χ0n) is 25.8. The number of ether oxygens (including phenoxy) is 4. The van der Waals surface area contributed by atoms with E-state index in [-0.39, 0.29) is 35.2 Å². The molecule has 7 heteroatoms. The van der Waals surface area contributed by atoms with Crippen molar-refractivity contribution in [3.63, 3.8) is 0 Å². The van der Waals surface area contributed by atoms with Crippen molar-refractivity contribution < 1.29 is 28.8 Å². The molecular weight excluding hydrogens is 506 g/mol. The van der Waals surface area contributed by atoms with Gasteiger partial charge in [0.25, 0.3) is 0 Å². The summed E-state index contributed by atoms with van der Waals surface area (Å²) in [6.07, 6.45) is 6.97. The Morgan fingerprint density at radius 3 is 2.35 bits per heavy atom. The van der Waals surface area contributed by atoms with Gasteiger partial charge in [-0.05, 0) is 86.3 Å². The van der Waals surface area contributed by atoms with E-state index >= 15 is 0 Å². The van der Waals surface area contributed by atoms with Gasteiger partial charge in [0.05, 0.1) is 32.0 Å². The molecule has 0 bridgehead atoms. The maximum atomic E-state index is 13.3. The second-order valence-electron chi connectivity index (χ2n) is 13.0. The smallest absolute Gasteiger partial charge is 0.161 e. The molecule has 2 aliphatic rings. The molecule has 1 saturated carbocycles. The molecule has 1 spiro atoms. The first-order valence-electron chi connectivity index (χ1n) is 15.5. The molecule has 228 valence electrons. The highest BCUT2D eigenvalue weighted by atomic mass is 16.6. The Kier molecular flexibility index (Phi) is 12.7. The van der Waals surface area contributed by atoms with E-state index in [0.29, 0.717) is 50.1 Å². The van der Waals surface area contributed by atoms with E-state index in [9.17, 15) is 9.90 Å². The highest BCUT2D eigenvalue weighted by Crippen LogP contribution is 2.45. The van der Waals surface area contributed by atoms with Crippen LogP contribution in [-0.2, 0) is 20.7 Å². The maximum Gasteiger partial charge on any atom is 0.161 e. The Hall–Kier alpha value is -1.67. The molecule has 3 rings (SSSR count). The summed E-state index contributed by atoms with van der Waals surface area (Å²) >= 11 is 0. The number of carbonyl (C=O) groups is 1. The maximum absolute atomic E-state index is 13.3. The van der Waals surface area contributed by atoms with Gasteiger partial charge >= 0.3 is 0 Å². The standard InChI is InChI=1S/C33H55NO6/c1-22(2)26(16-25-8-9-31(38-6)32(18-25)39-15-7-14-37-5)19-28(34)30(36)20-27(23(3)4)29(35)17-24-10-12-33(13-11-24)21-40-33/h8-9,18,22-24,26-28,30,36H,7,10-17,19-21,34H2,1-6H3/t24?,26-,27-,28-,30?,33?/m0/s1. The van der Waals surface area contributed by atoms with Gasteiger partial charge in [-0.25, -0.2) is 0 Å². The SMILES string of the molecule is COCCCOc1cc(C[C@@H](C[C@H](N)C(O)C[C@H](C(=O)CC2CCC3(CC2)CO3)C(C)C)C(C)C)ccc1OC. The second kappa shape index (κ2) is 15.5. The Labute approximate surface area is 242 Å². The van der Waals surface area contributed by atoms with Gasteiger partial charge in [-0.1, -0.05) is 33.8 Å². The van der Waals surface area contributed by atoms with Gasteiger partial charge < -0.3 is 29.8 Å². The number of benzene rings is 1. The Bertz CT molecular complexity index is 904. The summed E-state index contributed by atoms with van der Waals surface area (Å²) in [5.74, 6) is 2.87. The minimum absolute atomic E-state index is 0.150. The zero-order valence-corrected chi connectivity index (χ0v) is 25.8. The molecule has 7 nitrogen and oxygen atoms in total. The second-order valence-corrected chi connectivity index (χ2v) is 13.0. The predicted octanol–water partition coefficient (Wildman–Crippen LogP) is 5.58. The van der Waals surface area contributed by atoms with Crippen LogP contribution in [0, 0.1) is 29.6 Å². The summed E-state index contributed by atoms with van der Waals surface area (Å²) in [4.78, 5) is 13.3. The lowest BCUT2D eigenvalue weighted by Crippen LogP contribution is -2.41. The van der Waals surface area contributed by atoms with Crippen molar-refractivity contribution in [1.82, 2.24) is 0 Å². The summed E-state index contributed by atoms with van der Waals surface area (Å²) < 4.78 is 22.2. The van der Waals surface area contributed by atoms with Crippen LogP contribution in [0.5, 0.6) is 11.5 Å². The third kappa shape index (κ3) is 9.71. The predicted molar refractivity (Wildman–Crippen MR) is 159 cm³/mol. The lowest BCUT2D eigenvalue weighted by molar-refractivity contribution is -0.126. The van der Waals surface area contributed by atoms with Gasteiger partial charge in [-0.2, -0.15) is 0 Å². The number of methoxy groups -OCH3 is 2. The Balaban J connectivity index is 1.56. The lowest BCUT2D eigenvalue weighted by atomic mass is 9.75. The fourth-order valence-electron chi connectivity index (χ4n) is 6.19. The van der Waals surface area contributed by atoms with Crippen LogP contribution in [0.2, 0.25) is 0 Å². The van der Waals surface area contributed by atoms with E-state index in [4.69, 9.17) is 24.7 Å². The third-order valence-electron chi connectivity index (χ3n) is 9.26. The van der Waals surface area contributed by atoms with Crippen molar-refractivity contribution >= 4 is 5.78 Å². The Morgan fingerprint density at radius 2 is 1.77 bits per heavy atom. The first-order chi connectivity index (χ1) is 19.1. The van der Waals surface area contributed by atoms with Crippen molar-refractivity contribution in [2.45, 2.75) is 103 Å². The van der Waals surface area contributed by atoms with Crippen LogP contribution in [0.25, 0.3) is 0 Å². The van der Waals surface area contributed by atoms with E-state index in [2.05, 4.69) is 39.8 Å². The van der Waals surface area contributed by atoms with Gasteiger partial charge in [-0.15, -0.1) is 0 Å². The number of hydrogen-bond acceptors (Lipinski definition) is 7. The van der Waals surface area contributed by atoms with Crippen molar-refractivity contribution in [3.05, 3.63) is 23.8 Å². The van der Waals surface area contributed by atoms with Crippen LogP contribution in [0.3, 0.4) is 0 Å². The number of Topliss-reactive ketones (excluding diaryl/α,β-unsaturated/α-hetero) is 1. The quantitative estimate of drug-likeness (QED) is 0.178. The van der Waals surface area contributed by atoms with Crippen LogP contribution in [0.1, 0.15) is 84.6 Å². The molecule has 0 amide bonds. The molecule has 1 aliphatic heterocycles. The number of aliphatic hydroxyl groups excluding tert-OH is 1. The molecule has 40 heavy (non-hydrogen) atoms. The van der Waals surface area contributed by atoms with Gasteiger partial charge in [0, 0.05) is 38.5 Å². The third-order valence-corrected chi connectivity index (χ3v) is 9.26. The number of aliphatic hydroxyl groups is 1. The number of nitrogens with two attached hydrogens (primary N) is 1. The summed E-state index contributed by atoms with van der Waals surface area (Å²) in [7, 11) is 3.34. The molecule has 0 aromatic heterocycles. The normalized spacial score (nSPS) is 23.7. The molecule has 1 unspecified atom stereocenters. The monoisotopic (exact) mass is 561 g/mol. The minimum Gasteiger partial charge on any atom is -0.493 e. The van der Waals surface area contributed by atoms with Gasteiger partial charge in [0.1, 0.15) is 5.78 Å². The summed E-state index contributed by atoms with van der Waals surface area (Å²) in [6, 6.07) is 5.70. The first-order valence-corrected chi connectivity index (χ1v) is 15.5. The van der Waals surface area contributed by atoms with Gasteiger partial charge in [-0.3, -0.25) is 4.79 Å². The van der Waals surface area contributed by atoms with Gasteiger partial charge in [0.2, 0.25) is 0 Å². The average Bonchev–Trinajstić information content (AvgIpc) is 3.69. The zero-order chi connectivity index (χ0) is 29.3. The van der Waals surface area contributed by atoms with E-state index in [1.165, 1.54) is 0 Å². The Morgan fingerprint density at radius 1 is 1.07 bits per heavy atom. The molecule has 1 aromatic carbocycles. The highest BCUT2D eigenvalue weighted by Gasteiger charge is 2.47. The van der Waals surface area contributed by atoms with Gasteiger partial charge in [0.15, 0.2) is 11.5 Å². The largest absolute Gasteiger partial charge is 0.493 e. The lowest BCUT2D eigenvalue weighted by Gasteiger charge is -2.31. The molecule has 1 aliphatic carbocycles. The molecule has 1 saturated heterocycles. The number of rotatable bonds is 18. The molecule has 1 aromatic rings. The number of epoxide rings is 1. The van der Waals surface area contributed by atoms with E-state index in [1.54, 1.807) is 14.2 Å². The first kappa shape index (κ1) is 32.8. The summed E-state index contributed by atoms with van der Waals surface area (Å²) in [5, 5.41) is 11.2. The number of ketones is 1. The topological polar surface area (TPSA) is 104 Å². The molecule has 2 fully saturated rings. The fraction of sp³-hybridized carbons (Fsp3) is 0.788. The number of carbonyl (C=O) groups excluding carboxylic acids is 1. The van der Waals surface area contributed by atoms with Crippen LogP contribution < -0.4 is 15.2 Å². The molecule has 1 heterocycles. The van der Waals surface area contributed by atoms with Crippen LogP contribution in [-0.4, -0.2) is 62.7 Å². The van der Waals surface area contributed by atoms with Crippen LogP contribution in [0.4, 0.5) is 0 Å². The van der Waals surface area contributed by atoms with E-state index in [0.717, 1.165) is 56.4 Å². The fourth-order valence-corrected chi connectivity index (χ4v) is 6.19. The highest BCUT2D eigenvalue weighted by molar-refractivity contribution is 5.81. The average molecular weight is 562 g/mol. The minimum atomic E-state index is -0.706. The summed E-state index contributed by atoms with van der Waals surface area (Å²) in [5.41, 5.74) is 7.92. The molecule has 0 radical (unpaired) electrons.